The second kappa shape index (κ2) is 7.14. The molecular weight excluding hydrogens is 322 g/mol. The van der Waals surface area contributed by atoms with Crippen LogP contribution in [0.25, 0.3) is 10.9 Å². The van der Waals surface area contributed by atoms with E-state index in [1.54, 1.807) is 18.0 Å². The first kappa shape index (κ1) is 17.3. The van der Waals surface area contributed by atoms with Crippen LogP contribution in [0.15, 0.2) is 24.4 Å². The highest BCUT2D eigenvalue weighted by Crippen LogP contribution is 2.30. The van der Waals surface area contributed by atoms with Gasteiger partial charge < -0.3 is 19.7 Å². The molecule has 1 aromatic carbocycles. The van der Waals surface area contributed by atoms with Gasteiger partial charge in [-0.2, -0.15) is 0 Å². The maximum atomic E-state index is 12.0. The molecule has 0 radical (unpaired) electrons. The van der Waals surface area contributed by atoms with Crippen molar-refractivity contribution in [2.24, 2.45) is 0 Å². The zero-order chi connectivity index (χ0) is 18.0. The number of rotatable bonds is 4. The van der Waals surface area contributed by atoms with Crippen molar-refractivity contribution in [3.8, 4) is 0 Å². The topological polar surface area (TPSA) is 85.9 Å². The normalized spacial score (nSPS) is 16.8. The molecule has 7 nitrogen and oxygen atoms in total. The molecule has 1 aliphatic rings. The van der Waals surface area contributed by atoms with Crippen LogP contribution in [0.2, 0.25) is 0 Å². The Morgan fingerprint density at radius 1 is 1.28 bits per heavy atom. The number of amides is 1. The molecule has 1 aliphatic heterocycles. The average Bonchev–Trinajstić information content (AvgIpc) is 2.98. The van der Waals surface area contributed by atoms with E-state index < -0.39 is 12.0 Å². The molecule has 1 atom stereocenters. The summed E-state index contributed by atoms with van der Waals surface area (Å²) in [7, 11) is 0. The van der Waals surface area contributed by atoms with E-state index in [1.807, 2.05) is 30.0 Å². The summed E-state index contributed by atoms with van der Waals surface area (Å²) in [5.41, 5.74) is 2.78. The van der Waals surface area contributed by atoms with Crippen LogP contribution in [-0.2, 0) is 9.53 Å². The number of carboxylic acids is 1. The molecule has 0 bridgehead atoms. The van der Waals surface area contributed by atoms with E-state index >= 15 is 0 Å². The van der Waals surface area contributed by atoms with Gasteiger partial charge in [-0.15, -0.1) is 0 Å². The lowest BCUT2D eigenvalue weighted by atomic mass is 10.0. The maximum absolute atomic E-state index is 12.0. The second-order valence-corrected chi connectivity index (χ2v) is 6.26. The number of hydrogen-bond donors (Lipinski definition) is 2. The lowest BCUT2D eigenvalue weighted by Gasteiger charge is -2.37. The highest BCUT2D eigenvalue weighted by Gasteiger charge is 2.33. The third-order valence-electron chi connectivity index (χ3n) is 4.60. The number of hydrogen-bond acceptors (Lipinski definition) is 4. The summed E-state index contributed by atoms with van der Waals surface area (Å²) < 4.78 is 5.01. The number of aliphatic carboxylic acids is 1. The van der Waals surface area contributed by atoms with E-state index in [4.69, 9.17) is 4.74 Å². The smallest absolute Gasteiger partial charge is 0.409 e. The van der Waals surface area contributed by atoms with Gasteiger partial charge in [-0.25, -0.2) is 4.79 Å². The fourth-order valence-electron chi connectivity index (χ4n) is 3.35. The largest absolute Gasteiger partial charge is 0.480 e. The van der Waals surface area contributed by atoms with Gasteiger partial charge in [0, 0.05) is 48.8 Å². The molecule has 0 saturated carbocycles. The molecule has 7 heteroatoms. The van der Waals surface area contributed by atoms with E-state index in [-0.39, 0.29) is 6.09 Å². The molecule has 2 N–H and O–H groups in total. The Morgan fingerprint density at radius 3 is 2.64 bits per heavy atom. The average molecular weight is 345 g/mol. The summed E-state index contributed by atoms with van der Waals surface area (Å²) >= 11 is 0. The Morgan fingerprint density at radius 2 is 2.00 bits per heavy atom. The molecule has 1 fully saturated rings. The molecule has 0 spiro atoms. The van der Waals surface area contributed by atoms with Crippen LogP contribution in [0.5, 0.6) is 0 Å². The summed E-state index contributed by atoms with van der Waals surface area (Å²) in [5, 5.41) is 10.8. The highest BCUT2D eigenvalue weighted by molar-refractivity contribution is 5.89. The molecule has 2 heterocycles. The van der Waals surface area contributed by atoms with Crippen molar-refractivity contribution < 1.29 is 19.4 Å². The minimum absolute atomic E-state index is 0.336. The Balaban J connectivity index is 1.82. The van der Waals surface area contributed by atoms with Gasteiger partial charge in [0.05, 0.1) is 6.61 Å². The number of fused-ring (bicyclic) bond motifs is 1. The van der Waals surface area contributed by atoms with Crippen LogP contribution < -0.4 is 0 Å². The number of aromatic nitrogens is 1. The van der Waals surface area contributed by atoms with Crippen LogP contribution in [0.1, 0.15) is 24.1 Å². The highest BCUT2D eigenvalue weighted by atomic mass is 16.6. The van der Waals surface area contributed by atoms with Crippen LogP contribution in [0.4, 0.5) is 4.79 Å². The molecule has 25 heavy (non-hydrogen) atoms. The standard InChI is InChI=1S/C18H23N3O4/c1-3-25-18(24)21-8-6-20(7-9-21)16(17(22)23)14-11-19-15-5-4-12(2)10-13(14)15/h4-5,10-11,16,19H,3,6-9H2,1-2H3,(H,22,23)/t16-/m0/s1. The number of nitrogens with zero attached hydrogens (tertiary/aromatic N) is 2. The summed E-state index contributed by atoms with van der Waals surface area (Å²) in [4.78, 5) is 30.5. The third kappa shape index (κ3) is 3.46. The molecule has 1 saturated heterocycles. The van der Waals surface area contributed by atoms with E-state index in [0.717, 1.165) is 22.0 Å². The van der Waals surface area contributed by atoms with Crippen LogP contribution in [0.3, 0.4) is 0 Å². The Kier molecular flexibility index (Phi) is 4.94. The number of carboxylic acid groups (broad SMARTS) is 1. The van der Waals surface area contributed by atoms with Crippen LogP contribution in [0, 0.1) is 6.92 Å². The van der Waals surface area contributed by atoms with Gasteiger partial charge in [0.15, 0.2) is 0 Å². The number of benzene rings is 1. The third-order valence-corrected chi connectivity index (χ3v) is 4.60. The van der Waals surface area contributed by atoms with Crippen molar-refractivity contribution >= 4 is 23.0 Å². The number of aryl methyl sites for hydroxylation is 1. The number of aromatic amines is 1. The van der Waals surface area contributed by atoms with Crippen molar-refractivity contribution in [2.45, 2.75) is 19.9 Å². The van der Waals surface area contributed by atoms with Crippen molar-refractivity contribution in [3.63, 3.8) is 0 Å². The molecule has 1 amide bonds. The first-order valence-corrected chi connectivity index (χ1v) is 8.47. The monoisotopic (exact) mass is 345 g/mol. The predicted octanol–water partition coefficient (Wildman–Crippen LogP) is 2.38. The second-order valence-electron chi connectivity index (χ2n) is 6.26. The molecular formula is C18H23N3O4. The summed E-state index contributed by atoms with van der Waals surface area (Å²) in [6.45, 7) is 6.01. The van der Waals surface area contributed by atoms with Crippen molar-refractivity contribution in [3.05, 3.63) is 35.5 Å². The lowest BCUT2D eigenvalue weighted by molar-refractivity contribution is -0.144. The van der Waals surface area contributed by atoms with Gasteiger partial charge in [0.25, 0.3) is 0 Å². The molecule has 2 aromatic rings. The van der Waals surface area contributed by atoms with Gasteiger partial charge in [-0.3, -0.25) is 9.69 Å². The summed E-state index contributed by atoms with van der Waals surface area (Å²) in [5.74, 6) is -0.882. The number of carbonyl (C=O) groups is 2. The van der Waals surface area contributed by atoms with Gasteiger partial charge in [0.1, 0.15) is 6.04 Å². The van der Waals surface area contributed by atoms with Gasteiger partial charge >= 0.3 is 12.1 Å². The molecule has 1 aromatic heterocycles. The lowest BCUT2D eigenvalue weighted by Crippen LogP contribution is -2.51. The SMILES string of the molecule is CCOC(=O)N1CCN([C@H](C(=O)O)c2c[nH]c3ccc(C)cc23)CC1. The number of piperazine rings is 1. The van der Waals surface area contributed by atoms with Gasteiger partial charge in [0.2, 0.25) is 0 Å². The summed E-state index contributed by atoms with van der Waals surface area (Å²) in [6.07, 6.45) is 1.44. The fourth-order valence-corrected chi connectivity index (χ4v) is 3.35. The number of ether oxygens (including phenoxy) is 1. The number of H-pyrrole nitrogens is 1. The molecule has 134 valence electrons. The fraction of sp³-hybridized carbons (Fsp3) is 0.444. The van der Waals surface area contributed by atoms with E-state index in [9.17, 15) is 14.7 Å². The van der Waals surface area contributed by atoms with Crippen LogP contribution >= 0.6 is 0 Å². The van der Waals surface area contributed by atoms with Gasteiger partial charge in [-0.1, -0.05) is 11.6 Å². The van der Waals surface area contributed by atoms with Gasteiger partial charge in [-0.05, 0) is 26.0 Å². The van der Waals surface area contributed by atoms with E-state index in [0.29, 0.717) is 32.8 Å². The molecule has 0 aliphatic carbocycles. The summed E-state index contributed by atoms with van der Waals surface area (Å²) in [6, 6.07) is 5.23. The first-order chi connectivity index (χ1) is 12.0. The first-order valence-electron chi connectivity index (χ1n) is 8.47. The number of carbonyl (C=O) groups excluding carboxylic acids is 1. The quantitative estimate of drug-likeness (QED) is 0.888. The molecule has 0 unspecified atom stereocenters. The molecule has 3 rings (SSSR count). The minimum Gasteiger partial charge on any atom is -0.480 e. The Bertz CT molecular complexity index is 778. The minimum atomic E-state index is -0.882. The zero-order valence-electron chi connectivity index (χ0n) is 14.5. The predicted molar refractivity (Wildman–Crippen MR) is 93.6 cm³/mol. The van der Waals surface area contributed by atoms with Crippen molar-refractivity contribution in [2.75, 3.05) is 32.8 Å². The van der Waals surface area contributed by atoms with Crippen LogP contribution in [-0.4, -0.2) is 64.7 Å². The van der Waals surface area contributed by atoms with E-state index in [2.05, 4.69) is 4.98 Å². The zero-order valence-corrected chi connectivity index (χ0v) is 14.5. The van der Waals surface area contributed by atoms with Crippen molar-refractivity contribution in [1.29, 1.82) is 0 Å². The Labute approximate surface area is 146 Å². The maximum Gasteiger partial charge on any atom is 0.409 e. The Hall–Kier alpha value is -2.54. The number of nitrogens with one attached hydrogen (secondary N) is 1. The van der Waals surface area contributed by atoms with E-state index in [1.165, 1.54) is 0 Å². The van der Waals surface area contributed by atoms with Crippen molar-refractivity contribution in [1.82, 2.24) is 14.8 Å².